The highest BCUT2D eigenvalue weighted by atomic mass is 32.2. The number of sulfonamides is 1. The van der Waals surface area contributed by atoms with Crippen molar-refractivity contribution >= 4 is 15.7 Å². The maximum Gasteiger partial charge on any atom is 0.269 e. The molecule has 3 rings (SSSR count). The molecule has 8 heteroatoms. The Morgan fingerprint density at radius 1 is 1.17 bits per heavy atom. The maximum atomic E-state index is 12.3. The maximum absolute atomic E-state index is 12.3. The third kappa shape index (κ3) is 3.55. The van der Waals surface area contributed by atoms with E-state index in [1.165, 1.54) is 24.3 Å². The molecule has 1 atom stereocenters. The predicted molar refractivity (Wildman–Crippen MR) is 87.4 cm³/mol. The van der Waals surface area contributed by atoms with E-state index in [2.05, 4.69) is 4.72 Å². The molecule has 0 saturated carbocycles. The van der Waals surface area contributed by atoms with Gasteiger partial charge in [-0.1, -0.05) is 18.2 Å². The summed E-state index contributed by atoms with van der Waals surface area (Å²) in [6.45, 7) is 0.688. The van der Waals surface area contributed by atoms with Crippen molar-refractivity contribution in [2.45, 2.75) is 11.3 Å². The zero-order valence-corrected chi connectivity index (χ0v) is 13.5. The third-order valence-corrected chi connectivity index (χ3v) is 5.32. The zero-order valence-electron chi connectivity index (χ0n) is 12.7. The standard InChI is InChI=1S/C16H16N2O5S/c19-18(20)14-5-7-15(8-6-14)24(21,22)17-10-12-9-13-3-1-2-4-16(13)23-11-12/h1-8,12,17H,9-11H2. The number of rotatable bonds is 5. The van der Waals surface area contributed by atoms with Crippen molar-refractivity contribution in [2.24, 2.45) is 5.92 Å². The Kier molecular flexibility index (Phi) is 4.50. The second kappa shape index (κ2) is 6.58. The Morgan fingerprint density at radius 2 is 1.88 bits per heavy atom. The largest absolute Gasteiger partial charge is 0.493 e. The van der Waals surface area contributed by atoms with Gasteiger partial charge in [-0.05, 0) is 30.2 Å². The second-order valence-corrected chi connectivity index (χ2v) is 7.36. The quantitative estimate of drug-likeness (QED) is 0.659. The normalized spacial score (nSPS) is 16.9. The van der Waals surface area contributed by atoms with Crippen molar-refractivity contribution in [1.82, 2.24) is 4.72 Å². The zero-order chi connectivity index (χ0) is 17.2. The Labute approximate surface area is 139 Å². The van der Waals surface area contributed by atoms with Crippen molar-refractivity contribution in [2.75, 3.05) is 13.2 Å². The molecule has 24 heavy (non-hydrogen) atoms. The number of hydrogen-bond donors (Lipinski definition) is 1. The van der Waals surface area contributed by atoms with E-state index in [0.29, 0.717) is 6.61 Å². The molecule has 1 aliphatic heterocycles. The summed E-state index contributed by atoms with van der Waals surface area (Å²) in [5, 5.41) is 10.6. The lowest BCUT2D eigenvalue weighted by Crippen LogP contribution is -2.34. The smallest absolute Gasteiger partial charge is 0.269 e. The molecule has 0 radical (unpaired) electrons. The van der Waals surface area contributed by atoms with Gasteiger partial charge >= 0.3 is 0 Å². The first-order valence-corrected chi connectivity index (χ1v) is 8.89. The Bertz CT molecular complexity index is 849. The number of ether oxygens (including phenoxy) is 1. The lowest BCUT2D eigenvalue weighted by atomic mass is 9.97. The lowest BCUT2D eigenvalue weighted by molar-refractivity contribution is -0.384. The number of fused-ring (bicyclic) bond motifs is 1. The van der Waals surface area contributed by atoms with Gasteiger partial charge in [-0.2, -0.15) is 0 Å². The summed E-state index contributed by atoms with van der Waals surface area (Å²) in [5.41, 5.74) is 0.912. The first-order chi connectivity index (χ1) is 11.5. The minimum atomic E-state index is -3.71. The molecule has 0 fully saturated rings. The number of nitrogens with zero attached hydrogens (tertiary/aromatic N) is 1. The van der Waals surface area contributed by atoms with Gasteiger partial charge in [0, 0.05) is 24.6 Å². The first kappa shape index (κ1) is 16.4. The number of non-ortho nitro benzene ring substituents is 1. The van der Waals surface area contributed by atoms with Crippen LogP contribution in [0.15, 0.2) is 53.4 Å². The van der Waals surface area contributed by atoms with Crippen LogP contribution in [-0.4, -0.2) is 26.5 Å². The molecule has 0 aliphatic carbocycles. The van der Waals surface area contributed by atoms with Crippen molar-refractivity contribution in [3.05, 3.63) is 64.2 Å². The van der Waals surface area contributed by atoms with Crippen LogP contribution in [0.1, 0.15) is 5.56 Å². The van der Waals surface area contributed by atoms with Gasteiger partial charge < -0.3 is 4.74 Å². The molecule has 1 unspecified atom stereocenters. The SMILES string of the molecule is O=[N+]([O-])c1ccc(S(=O)(=O)NCC2COc3ccccc3C2)cc1. The van der Waals surface area contributed by atoms with Gasteiger partial charge in [-0.15, -0.1) is 0 Å². The molecule has 2 aromatic carbocycles. The summed E-state index contributed by atoms with van der Waals surface area (Å²) >= 11 is 0. The summed E-state index contributed by atoms with van der Waals surface area (Å²) in [5.74, 6) is 0.875. The van der Waals surface area contributed by atoms with Gasteiger partial charge in [0.25, 0.3) is 5.69 Å². The highest BCUT2D eigenvalue weighted by Gasteiger charge is 2.22. The van der Waals surface area contributed by atoms with Crippen LogP contribution in [0.25, 0.3) is 0 Å². The molecule has 0 spiro atoms. The number of benzene rings is 2. The highest BCUT2D eigenvalue weighted by molar-refractivity contribution is 7.89. The average Bonchev–Trinajstić information content (AvgIpc) is 2.60. The van der Waals surface area contributed by atoms with Crippen molar-refractivity contribution in [3.63, 3.8) is 0 Å². The van der Waals surface area contributed by atoms with Crippen LogP contribution >= 0.6 is 0 Å². The van der Waals surface area contributed by atoms with E-state index in [1.54, 1.807) is 0 Å². The molecule has 1 N–H and O–H groups in total. The van der Waals surface area contributed by atoms with Gasteiger partial charge in [0.05, 0.1) is 16.4 Å². The molecule has 0 aromatic heterocycles. The summed E-state index contributed by atoms with van der Waals surface area (Å²) in [6, 6.07) is 12.5. The Morgan fingerprint density at radius 3 is 2.58 bits per heavy atom. The van der Waals surface area contributed by atoms with Gasteiger partial charge in [0.15, 0.2) is 0 Å². The van der Waals surface area contributed by atoms with E-state index in [9.17, 15) is 18.5 Å². The van der Waals surface area contributed by atoms with E-state index in [1.807, 2.05) is 24.3 Å². The van der Waals surface area contributed by atoms with Gasteiger partial charge in [-0.25, -0.2) is 13.1 Å². The van der Waals surface area contributed by atoms with E-state index in [4.69, 9.17) is 4.74 Å². The van der Waals surface area contributed by atoms with Crippen LogP contribution < -0.4 is 9.46 Å². The number of para-hydroxylation sites is 1. The molecule has 0 bridgehead atoms. The van der Waals surface area contributed by atoms with Crippen LogP contribution in [0, 0.1) is 16.0 Å². The molecule has 0 saturated heterocycles. The summed E-state index contributed by atoms with van der Waals surface area (Å²) in [4.78, 5) is 10.1. The van der Waals surface area contributed by atoms with Crippen LogP contribution in [-0.2, 0) is 16.4 Å². The molecule has 1 heterocycles. The number of nitro groups is 1. The molecule has 7 nitrogen and oxygen atoms in total. The predicted octanol–water partition coefficient (Wildman–Crippen LogP) is 2.12. The topological polar surface area (TPSA) is 98.5 Å². The van der Waals surface area contributed by atoms with Gasteiger partial charge in [0.1, 0.15) is 5.75 Å². The van der Waals surface area contributed by atoms with Gasteiger partial charge in [-0.3, -0.25) is 10.1 Å². The average molecular weight is 348 g/mol. The summed E-state index contributed by atoms with van der Waals surface area (Å²) in [6.07, 6.45) is 0.735. The molecule has 0 amide bonds. The fraction of sp³-hybridized carbons (Fsp3) is 0.250. The molecular weight excluding hydrogens is 332 g/mol. The van der Waals surface area contributed by atoms with E-state index < -0.39 is 14.9 Å². The Hall–Kier alpha value is -2.45. The monoisotopic (exact) mass is 348 g/mol. The number of nitrogens with one attached hydrogen (secondary N) is 1. The van der Waals surface area contributed by atoms with Crippen LogP contribution in [0.4, 0.5) is 5.69 Å². The minimum Gasteiger partial charge on any atom is -0.493 e. The van der Waals surface area contributed by atoms with Crippen molar-refractivity contribution in [1.29, 1.82) is 0 Å². The minimum absolute atomic E-state index is 0.00484. The van der Waals surface area contributed by atoms with Crippen LogP contribution in [0.5, 0.6) is 5.75 Å². The van der Waals surface area contributed by atoms with Crippen LogP contribution in [0.2, 0.25) is 0 Å². The number of nitro benzene ring substituents is 1. The molecule has 1 aliphatic rings. The summed E-state index contributed by atoms with van der Waals surface area (Å²) < 4.78 is 32.7. The first-order valence-electron chi connectivity index (χ1n) is 7.40. The molecule has 126 valence electrons. The van der Waals surface area contributed by atoms with E-state index in [0.717, 1.165) is 17.7 Å². The van der Waals surface area contributed by atoms with Crippen molar-refractivity contribution < 1.29 is 18.1 Å². The van der Waals surface area contributed by atoms with E-state index >= 15 is 0 Å². The second-order valence-electron chi connectivity index (χ2n) is 5.59. The fourth-order valence-corrected chi connectivity index (χ4v) is 3.70. The fourth-order valence-electron chi connectivity index (χ4n) is 2.58. The highest BCUT2D eigenvalue weighted by Crippen LogP contribution is 2.26. The lowest BCUT2D eigenvalue weighted by Gasteiger charge is -2.25. The van der Waals surface area contributed by atoms with E-state index in [-0.39, 0.29) is 23.0 Å². The van der Waals surface area contributed by atoms with Gasteiger partial charge in [0.2, 0.25) is 10.0 Å². The van der Waals surface area contributed by atoms with Crippen molar-refractivity contribution in [3.8, 4) is 5.75 Å². The summed E-state index contributed by atoms with van der Waals surface area (Å²) in [7, 11) is -3.71. The molecular formula is C16H16N2O5S. The number of hydrogen-bond acceptors (Lipinski definition) is 5. The Balaban J connectivity index is 1.64. The molecule has 2 aromatic rings. The third-order valence-electron chi connectivity index (χ3n) is 3.88. The van der Waals surface area contributed by atoms with Crippen LogP contribution in [0.3, 0.4) is 0 Å².